The Kier molecular flexibility index (Phi) is 6.15. The van der Waals surface area contributed by atoms with E-state index in [2.05, 4.69) is 5.32 Å². The van der Waals surface area contributed by atoms with Crippen LogP contribution in [0.4, 0.5) is 5.69 Å². The van der Waals surface area contributed by atoms with Crippen LogP contribution >= 0.6 is 0 Å². The van der Waals surface area contributed by atoms with E-state index in [4.69, 9.17) is 9.47 Å². The maximum Gasteiger partial charge on any atom is 0.238 e. The molecule has 0 saturated carbocycles. The van der Waals surface area contributed by atoms with E-state index in [0.717, 1.165) is 13.1 Å². The third-order valence-electron chi connectivity index (χ3n) is 2.94. The summed E-state index contributed by atoms with van der Waals surface area (Å²) in [6.45, 7) is 6.14. The molecule has 1 aromatic rings. The quantitative estimate of drug-likeness (QED) is 0.820. The van der Waals surface area contributed by atoms with Gasteiger partial charge in [-0.3, -0.25) is 9.69 Å². The van der Waals surface area contributed by atoms with Crippen molar-refractivity contribution >= 4 is 11.6 Å². The van der Waals surface area contributed by atoms with Gasteiger partial charge in [-0.25, -0.2) is 0 Å². The lowest BCUT2D eigenvalue weighted by atomic mass is 10.2. The number of rotatable bonds is 7. The van der Waals surface area contributed by atoms with Gasteiger partial charge in [0, 0.05) is 6.07 Å². The van der Waals surface area contributed by atoms with Crippen molar-refractivity contribution in [2.75, 3.05) is 39.2 Å². The second-order valence-corrected chi connectivity index (χ2v) is 4.08. The summed E-state index contributed by atoms with van der Waals surface area (Å²) in [5.74, 6) is 1.23. The van der Waals surface area contributed by atoms with Crippen molar-refractivity contribution in [2.24, 2.45) is 0 Å². The summed E-state index contributed by atoms with van der Waals surface area (Å²) in [7, 11) is 3.15. The van der Waals surface area contributed by atoms with E-state index in [1.807, 2.05) is 18.7 Å². The van der Waals surface area contributed by atoms with Crippen molar-refractivity contribution in [3.8, 4) is 11.5 Å². The molecule has 5 heteroatoms. The predicted molar refractivity (Wildman–Crippen MR) is 76.0 cm³/mol. The van der Waals surface area contributed by atoms with Crippen molar-refractivity contribution in [1.29, 1.82) is 0 Å². The first-order valence-electron chi connectivity index (χ1n) is 6.38. The van der Waals surface area contributed by atoms with E-state index in [9.17, 15) is 4.79 Å². The minimum absolute atomic E-state index is 0.0489. The van der Waals surface area contributed by atoms with Crippen molar-refractivity contribution in [3.05, 3.63) is 18.2 Å². The maximum absolute atomic E-state index is 11.9. The number of anilines is 1. The molecule has 0 aliphatic heterocycles. The number of likely N-dealkylation sites (N-methyl/N-ethyl adjacent to an activating group) is 1. The lowest BCUT2D eigenvalue weighted by molar-refractivity contribution is -0.117. The smallest absolute Gasteiger partial charge is 0.238 e. The van der Waals surface area contributed by atoms with Crippen molar-refractivity contribution in [2.45, 2.75) is 13.8 Å². The minimum Gasteiger partial charge on any atom is -0.497 e. The number of methoxy groups -OCH3 is 2. The normalized spacial score (nSPS) is 10.4. The van der Waals surface area contributed by atoms with Gasteiger partial charge in [-0.05, 0) is 25.2 Å². The Morgan fingerprint density at radius 2 is 1.89 bits per heavy atom. The fraction of sp³-hybridized carbons (Fsp3) is 0.500. The minimum atomic E-state index is -0.0489. The van der Waals surface area contributed by atoms with E-state index in [1.165, 1.54) is 0 Å². The molecule has 19 heavy (non-hydrogen) atoms. The molecule has 0 aliphatic carbocycles. The van der Waals surface area contributed by atoms with E-state index in [0.29, 0.717) is 23.7 Å². The summed E-state index contributed by atoms with van der Waals surface area (Å²) < 4.78 is 10.4. The number of nitrogens with one attached hydrogen (secondary N) is 1. The van der Waals surface area contributed by atoms with Gasteiger partial charge in [0.1, 0.15) is 11.5 Å². The van der Waals surface area contributed by atoms with Gasteiger partial charge >= 0.3 is 0 Å². The molecule has 0 fully saturated rings. The second kappa shape index (κ2) is 7.63. The fourth-order valence-electron chi connectivity index (χ4n) is 1.74. The highest BCUT2D eigenvalue weighted by Gasteiger charge is 2.11. The van der Waals surface area contributed by atoms with Crippen LogP contribution < -0.4 is 14.8 Å². The average molecular weight is 266 g/mol. The van der Waals surface area contributed by atoms with Crippen molar-refractivity contribution in [3.63, 3.8) is 0 Å². The van der Waals surface area contributed by atoms with Gasteiger partial charge in [0.15, 0.2) is 0 Å². The largest absolute Gasteiger partial charge is 0.497 e. The van der Waals surface area contributed by atoms with E-state index in [1.54, 1.807) is 32.4 Å². The molecule has 0 atom stereocenters. The molecule has 0 saturated heterocycles. The topological polar surface area (TPSA) is 50.8 Å². The van der Waals surface area contributed by atoms with Crippen LogP contribution in [0.5, 0.6) is 11.5 Å². The number of benzene rings is 1. The molecule has 0 aliphatic rings. The van der Waals surface area contributed by atoms with Gasteiger partial charge in [0.25, 0.3) is 0 Å². The van der Waals surface area contributed by atoms with E-state index >= 15 is 0 Å². The third kappa shape index (κ3) is 4.44. The highest BCUT2D eigenvalue weighted by atomic mass is 16.5. The van der Waals surface area contributed by atoms with Crippen LogP contribution in [-0.4, -0.2) is 44.7 Å². The first kappa shape index (κ1) is 15.3. The van der Waals surface area contributed by atoms with Crippen LogP contribution in [-0.2, 0) is 4.79 Å². The molecule has 0 heterocycles. The first-order valence-corrected chi connectivity index (χ1v) is 6.38. The van der Waals surface area contributed by atoms with Crippen LogP contribution in [0.1, 0.15) is 13.8 Å². The van der Waals surface area contributed by atoms with Crippen LogP contribution in [0.2, 0.25) is 0 Å². The fourth-order valence-corrected chi connectivity index (χ4v) is 1.74. The van der Waals surface area contributed by atoms with E-state index < -0.39 is 0 Å². The third-order valence-corrected chi connectivity index (χ3v) is 2.94. The Balaban J connectivity index is 2.73. The Morgan fingerprint density at radius 1 is 1.21 bits per heavy atom. The zero-order chi connectivity index (χ0) is 14.3. The zero-order valence-corrected chi connectivity index (χ0v) is 12.0. The number of nitrogens with zero attached hydrogens (tertiary/aromatic N) is 1. The Labute approximate surface area is 114 Å². The molecular weight excluding hydrogens is 244 g/mol. The number of carbonyl (C=O) groups excluding carboxylic acids is 1. The standard InChI is InChI=1S/C14H22N2O3/c1-5-16(6-2)10-14(17)15-12-8-7-11(18-3)9-13(12)19-4/h7-9H,5-6,10H2,1-4H3,(H,15,17). The van der Waals surface area contributed by atoms with Crippen molar-refractivity contribution < 1.29 is 14.3 Å². The Hall–Kier alpha value is -1.75. The zero-order valence-electron chi connectivity index (χ0n) is 12.0. The van der Waals surface area contributed by atoms with Crippen LogP contribution in [0.15, 0.2) is 18.2 Å². The number of hydrogen-bond acceptors (Lipinski definition) is 4. The van der Waals surface area contributed by atoms with Gasteiger partial charge in [-0.2, -0.15) is 0 Å². The number of carbonyl (C=O) groups is 1. The highest BCUT2D eigenvalue weighted by molar-refractivity contribution is 5.93. The van der Waals surface area contributed by atoms with Crippen molar-refractivity contribution in [1.82, 2.24) is 4.90 Å². The Morgan fingerprint density at radius 3 is 2.42 bits per heavy atom. The summed E-state index contributed by atoms with van der Waals surface area (Å²) in [4.78, 5) is 14.0. The lowest BCUT2D eigenvalue weighted by Crippen LogP contribution is -2.32. The molecule has 1 rings (SSSR count). The highest BCUT2D eigenvalue weighted by Crippen LogP contribution is 2.28. The maximum atomic E-state index is 11.9. The number of hydrogen-bond donors (Lipinski definition) is 1. The summed E-state index contributed by atoms with van der Waals surface area (Å²) in [6.07, 6.45) is 0. The molecule has 0 spiro atoms. The lowest BCUT2D eigenvalue weighted by Gasteiger charge is -2.18. The molecule has 1 amide bonds. The van der Waals surface area contributed by atoms with Gasteiger partial charge < -0.3 is 14.8 Å². The molecular formula is C14H22N2O3. The summed E-state index contributed by atoms with van der Waals surface area (Å²) in [6, 6.07) is 5.31. The molecule has 1 N–H and O–H groups in total. The Bertz CT molecular complexity index is 417. The molecule has 0 bridgehead atoms. The summed E-state index contributed by atoms with van der Waals surface area (Å²) in [5.41, 5.74) is 0.653. The average Bonchev–Trinajstić information content (AvgIpc) is 2.45. The molecule has 0 aromatic heterocycles. The molecule has 5 nitrogen and oxygen atoms in total. The summed E-state index contributed by atoms with van der Waals surface area (Å²) >= 11 is 0. The first-order chi connectivity index (χ1) is 9.14. The SMILES string of the molecule is CCN(CC)CC(=O)Nc1ccc(OC)cc1OC. The predicted octanol–water partition coefficient (Wildman–Crippen LogP) is 1.98. The van der Waals surface area contributed by atoms with Gasteiger partial charge in [0.05, 0.1) is 26.5 Å². The number of ether oxygens (including phenoxy) is 2. The van der Waals surface area contributed by atoms with Gasteiger partial charge in [0.2, 0.25) is 5.91 Å². The van der Waals surface area contributed by atoms with E-state index in [-0.39, 0.29) is 5.91 Å². The molecule has 0 unspecified atom stereocenters. The van der Waals surface area contributed by atoms with Gasteiger partial charge in [-0.1, -0.05) is 13.8 Å². The monoisotopic (exact) mass is 266 g/mol. The summed E-state index contributed by atoms with van der Waals surface area (Å²) in [5, 5.41) is 2.85. The van der Waals surface area contributed by atoms with Crippen LogP contribution in [0, 0.1) is 0 Å². The van der Waals surface area contributed by atoms with Crippen LogP contribution in [0.3, 0.4) is 0 Å². The number of amides is 1. The van der Waals surface area contributed by atoms with Gasteiger partial charge in [-0.15, -0.1) is 0 Å². The molecule has 0 radical (unpaired) electrons. The molecule has 106 valence electrons. The molecule has 1 aromatic carbocycles. The second-order valence-electron chi connectivity index (χ2n) is 4.08. The van der Waals surface area contributed by atoms with Crippen LogP contribution in [0.25, 0.3) is 0 Å².